The van der Waals surface area contributed by atoms with Gasteiger partial charge in [-0.3, -0.25) is 4.98 Å². The molecule has 2 aliphatic carbocycles. The van der Waals surface area contributed by atoms with E-state index in [1.54, 1.807) is 5.57 Å². The molecule has 2 bridgehead atoms. The van der Waals surface area contributed by atoms with Gasteiger partial charge in [-0.15, -0.1) is 0 Å². The third kappa shape index (κ3) is 1.97. The zero-order valence-corrected chi connectivity index (χ0v) is 12.8. The lowest BCUT2D eigenvalue weighted by Crippen LogP contribution is -2.24. The average molecular weight is 278 g/mol. The lowest BCUT2D eigenvalue weighted by Gasteiger charge is -2.35. The van der Waals surface area contributed by atoms with E-state index in [1.807, 2.05) is 0 Å². The summed E-state index contributed by atoms with van der Waals surface area (Å²) in [4.78, 5) is 4.96. The number of rotatable bonds is 1. The Morgan fingerprint density at radius 2 is 2.14 bits per heavy atom. The van der Waals surface area contributed by atoms with Gasteiger partial charge in [-0.05, 0) is 56.1 Å². The van der Waals surface area contributed by atoms with E-state index < -0.39 is 0 Å². The topological polar surface area (TPSA) is 38.9 Å². The average Bonchev–Trinajstić information content (AvgIpc) is 2.46. The molecular weight excluding hydrogens is 256 g/mol. The number of aromatic nitrogens is 1. The van der Waals surface area contributed by atoms with E-state index in [4.69, 9.17) is 10.7 Å². The van der Waals surface area contributed by atoms with Gasteiger partial charge in [0.25, 0.3) is 0 Å². The van der Waals surface area contributed by atoms with Gasteiger partial charge >= 0.3 is 0 Å². The smallest absolute Gasteiger partial charge is 0.0728 e. The van der Waals surface area contributed by atoms with Crippen LogP contribution in [0.1, 0.15) is 48.9 Å². The summed E-state index contributed by atoms with van der Waals surface area (Å²) in [5, 5.41) is 1.13. The predicted molar refractivity (Wildman–Crippen MR) is 88.4 cm³/mol. The second-order valence-corrected chi connectivity index (χ2v) is 6.69. The standard InChI is InChI=1S/C19H22N2/c1-3-12-7-13-9-14(8-12)18-17(10-13)21-16-6-11(2)4-5-15(16)19(18)20/h4-7,13-14H,3,8-10H2,1-2H3,(H2,20,21)/t13-,14+/m1/s1. The Morgan fingerprint density at radius 3 is 2.95 bits per heavy atom. The molecule has 0 saturated carbocycles. The maximum absolute atomic E-state index is 6.55. The first-order chi connectivity index (χ1) is 10.2. The van der Waals surface area contributed by atoms with Gasteiger partial charge in [-0.1, -0.05) is 30.7 Å². The Balaban J connectivity index is 1.92. The van der Waals surface area contributed by atoms with Crippen LogP contribution in [0.25, 0.3) is 10.9 Å². The van der Waals surface area contributed by atoms with Crippen molar-refractivity contribution < 1.29 is 0 Å². The summed E-state index contributed by atoms with van der Waals surface area (Å²) < 4.78 is 0. The SMILES string of the molecule is CCC1=C[C@H]2Cc3nc4cc(C)ccc4c(N)c3[C@@H](C1)C2. The summed E-state index contributed by atoms with van der Waals surface area (Å²) in [7, 11) is 0. The second-order valence-electron chi connectivity index (χ2n) is 6.69. The van der Waals surface area contributed by atoms with Crippen molar-refractivity contribution in [3.8, 4) is 0 Å². The summed E-state index contributed by atoms with van der Waals surface area (Å²) in [5.74, 6) is 1.25. The molecule has 4 rings (SSSR count). The third-order valence-electron chi connectivity index (χ3n) is 5.19. The Morgan fingerprint density at radius 1 is 1.29 bits per heavy atom. The minimum absolute atomic E-state index is 0.580. The van der Waals surface area contributed by atoms with Crippen molar-refractivity contribution in [1.29, 1.82) is 0 Å². The summed E-state index contributed by atoms with van der Waals surface area (Å²) in [5.41, 5.74) is 14.0. The van der Waals surface area contributed by atoms with Crippen LogP contribution in [0.4, 0.5) is 5.69 Å². The maximum Gasteiger partial charge on any atom is 0.0728 e. The lowest BCUT2D eigenvalue weighted by molar-refractivity contribution is 0.429. The molecule has 0 aliphatic heterocycles. The first kappa shape index (κ1) is 12.9. The molecule has 2 nitrogen and oxygen atoms in total. The van der Waals surface area contributed by atoms with E-state index >= 15 is 0 Å². The largest absolute Gasteiger partial charge is 0.398 e. The quantitative estimate of drug-likeness (QED) is 0.779. The highest BCUT2D eigenvalue weighted by Gasteiger charge is 2.33. The van der Waals surface area contributed by atoms with Gasteiger partial charge in [-0.25, -0.2) is 0 Å². The van der Waals surface area contributed by atoms with Gasteiger partial charge in [0.15, 0.2) is 0 Å². The van der Waals surface area contributed by atoms with Gasteiger partial charge in [0, 0.05) is 22.3 Å². The van der Waals surface area contributed by atoms with Crippen LogP contribution < -0.4 is 5.73 Å². The zero-order chi connectivity index (χ0) is 14.6. The highest BCUT2D eigenvalue weighted by Crippen LogP contribution is 2.46. The number of hydrogen-bond donors (Lipinski definition) is 1. The third-order valence-corrected chi connectivity index (χ3v) is 5.19. The van der Waals surface area contributed by atoms with Crippen LogP contribution >= 0.6 is 0 Å². The molecule has 2 aliphatic rings. The first-order valence-electron chi connectivity index (χ1n) is 8.04. The fourth-order valence-corrected chi connectivity index (χ4v) is 4.19. The second kappa shape index (κ2) is 4.59. The van der Waals surface area contributed by atoms with Gasteiger partial charge in [-0.2, -0.15) is 0 Å². The van der Waals surface area contributed by atoms with Gasteiger partial charge in [0.1, 0.15) is 0 Å². The number of allylic oxidation sites excluding steroid dienone is 2. The summed E-state index contributed by atoms with van der Waals surface area (Å²) in [6.45, 7) is 4.38. The van der Waals surface area contributed by atoms with E-state index in [9.17, 15) is 0 Å². The molecular formula is C19H22N2. The van der Waals surface area contributed by atoms with Crippen LogP contribution in [-0.4, -0.2) is 4.98 Å². The normalized spacial score (nSPS) is 23.8. The van der Waals surface area contributed by atoms with Crippen LogP contribution in [0, 0.1) is 12.8 Å². The summed E-state index contributed by atoms with van der Waals surface area (Å²) in [6.07, 6.45) is 7.15. The van der Waals surface area contributed by atoms with Crippen LogP contribution in [0.5, 0.6) is 0 Å². The van der Waals surface area contributed by atoms with E-state index in [0.29, 0.717) is 11.8 Å². The summed E-state index contributed by atoms with van der Waals surface area (Å²) in [6, 6.07) is 6.43. The number of benzene rings is 1. The molecule has 0 spiro atoms. The van der Waals surface area contributed by atoms with Crippen molar-refractivity contribution >= 4 is 16.6 Å². The highest BCUT2D eigenvalue weighted by atomic mass is 14.7. The minimum atomic E-state index is 0.580. The highest BCUT2D eigenvalue weighted by molar-refractivity contribution is 5.93. The lowest BCUT2D eigenvalue weighted by atomic mass is 9.70. The number of nitrogens with zero attached hydrogens (tertiary/aromatic N) is 1. The molecule has 2 N–H and O–H groups in total. The molecule has 0 amide bonds. The molecule has 0 saturated heterocycles. The number of nitrogens with two attached hydrogens (primary N) is 1. The fourth-order valence-electron chi connectivity index (χ4n) is 4.19. The molecule has 21 heavy (non-hydrogen) atoms. The maximum atomic E-state index is 6.55. The summed E-state index contributed by atoms with van der Waals surface area (Å²) >= 11 is 0. The number of hydrogen-bond acceptors (Lipinski definition) is 2. The zero-order valence-electron chi connectivity index (χ0n) is 12.8. The predicted octanol–water partition coefficient (Wildman–Crippen LogP) is 4.51. The number of fused-ring (bicyclic) bond motifs is 5. The van der Waals surface area contributed by atoms with E-state index in [1.165, 1.54) is 36.1 Å². The Labute approximate surface area is 126 Å². The van der Waals surface area contributed by atoms with Crippen molar-refractivity contribution in [2.75, 3.05) is 5.73 Å². The Hall–Kier alpha value is -1.83. The number of nitrogen functional groups attached to an aromatic ring is 1. The molecule has 1 heterocycles. The Kier molecular flexibility index (Phi) is 2.81. The molecule has 2 aromatic rings. The molecule has 2 atom stereocenters. The molecule has 1 aromatic carbocycles. The molecule has 0 unspecified atom stereocenters. The number of pyridine rings is 1. The number of aryl methyl sites for hydroxylation is 1. The van der Waals surface area contributed by atoms with Gasteiger partial charge < -0.3 is 5.73 Å². The van der Waals surface area contributed by atoms with Crippen molar-refractivity contribution in [3.05, 3.63) is 46.7 Å². The van der Waals surface area contributed by atoms with E-state index in [0.717, 1.165) is 23.0 Å². The van der Waals surface area contributed by atoms with Crippen molar-refractivity contribution in [3.63, 3.8) is 0 Å². The minimum Gasteiger partial charge on any atom is -0.398 e. The molecule has 1 aromatic heterocycles. The van der Waals surface area contributed by atoms with Gasteiger partial charge in [0.2, 0.25) is 0 Å². The first-order valence-corrected chi connectivity index (χ1v) is 8.04. The monoisotopic (exact) mass is 278 g/mol. The van der Waals surface area contributed by atoms with Crippen molar-refractivity contribution in [1.82, 2.24) is 4.98 Å². The van der Waals surface area contributed by atoms with Crippen LogP contribution in [-0.2, 0) is 6.42 Å². The molecule has 2 heteroatoms. The van der Waals surface area contributed by atoms with Gasteiger partial charge in [0.05, 0.1) is 5.52 Å². The van der Waals surface area contributed by atoms with Crippen molar-refractivity contribution in [2.24, 2.45) is 5.92 Å². The van der Waals surface area contributed by atoms with E-state index in [-0.39, 0.29) is 0 Å². The molecule has 0 fully saturated rings. The van der Waals surface area contributed by atoms with E-state index in [2.05, 4.69) is 38.1 Å². The van der Waals surface area contributed by atoms with Crippen LogP contribution in [0.2, 0.25) is 0 Å². The fraction of sp³-hybridized carbons (Fsp3) is 0.421. The molecule has 108 valence electrons. The van der Waals surface area contributed by atoms with Crippen LogP contribution in [0.15, 0.2) is 29.8 Å². The van der Waals surface area contributed by atoms with Crippen LogP contribution in [0.3, 0.4) is 0 Å². The number of anilines is 1. The Bertz CT molecular complexity index is 758. The van der Waals surface area contributed by atoms with Crippen molar-refractivity contribution in [2.45, 2.75) is 45.4 Å². The molecule has 0 radical (unpaired) electrons.